The fraction of sp³-hybridized carbons (Fsp3) is 1.00. The summed E-state index contributed by atoms with van der Waals surface area (Å²) in [7, 11) is 0. The van der Waals surface area contributed by atoms with E-state index in [1.807, 2.05) is 6.92 Å². The van der Waals surface area contributed by atoms with E-state index >= 15 is 0 Å². The summed E-state index contributed by atoms with van der Waals surface area (Å²) in [5.41, 5.74) is 0. The van der Waals surface area contributed by atoms with E-state index in [2.05, 4.69) is 0 Å². The van der Waals surface area contributed by atoms with E-state index in [1.165, 1.54) is 0 Å². The van der Waals surface area contributed by atoms with Crippen LogP contribution in [0.25, 0.3) is 0 Å². The second-order valence-corrected chi connectivity index (χ2v) is 1.22. The minimum atomic E-state index is -0.366. The zero-order chi connectivity index (χ0) is 4.28. The Balaban J connectivity index is 0. The van der Waals surface area contributed by atoms with Gasteiger partial charge in [-0.2, -0.15) is 0 Å². The molecule has 0 aliphatic heterocycles. The summed E-state index contributed by atoms with van der Waals surface area (Å²) >= 11 is 0. The normalized spacial score (nSPS) is 12.5. The third kappa shape index (κ3) is 9.14. The molecule has 0 rings (SSSR count). The Kier molecular flexibility index (Phi) is 11.6. The maximum Gasteiger partial charge on any atom is 1.00 e. The van der Waals surface area contributed by atoms with Crippen LogP contribution in [0.1, 0.15) is 20.3 Å². The third-order valence-corrected chi connectivity index (χ3v) is 0.575. The predicted octanol–water partition coefficient (Wildman–Crippen LogP) is -2.85. The topological polar surface area (TPSA) is 23.1 Å². The van der Waals surface area contributed by atoms with Gasteiger partial charge in [0.15, 0.2) is 0 Å². The molecule has 0 fully saturated rings. The number of hydrogen-bond acceptors (Lipinski definition) is 1. The number of rotatable bonds is 1. The van der Waals surface area contributed by atoms with E-state index in [0.29, 0.717) is 0 Å². The van der Waals surface area contributed by atoms with E-state index in [4.69, 9.17) is 0 Å². The minimum Gasteiger partial charge on any atom is -0.852 e. The molecule has 0 N–H and O–H groups in total. The molecule has 0 radical (unpaired) electrons. The van der Waals surface area contributed by atoms with Gasteiger partial charge in [0, 0.05) is 0 Å². The predicted molar refractivity (Wildman–Crippen MR) is 19.8 cm³/mol. The summed E-state index contributed by atoms with van der Waals surface area (Å²) in [6.45, 7) is 3.55. The fourth-order valence-corrected chi connectivity index (χ4v) is 0. The average Bonchev–Trinajstić information content (AvgIpc) is 1.38. The second-order valence-electron chi connectivity index (χ2n) is 1.22. The van der Waals surface area contributed by atoms with Crippen LogP contribution in [0.2, 0.25) is 0 Å². The van der Waals surface area contributed by atoms with Crippen LogP contribution in [0.3, 0.4) is 0 Å². The summed E-state index contributed by atoms with van der Waals surface area (Å²) in [6.07, 6.45) is 0.384. The summed E-state index contributed by atoms with van der Waals surface area (Å²) < 4.78 is 0. The molecule has 0 bridgehead atoms. The zero-order valence-corrected chi connectivity index (χ0v) is 7.82. The quantitative estimate of drug-likeness (QED) is 0.335. The molecule has 0 amide bonds. The monoisotopic (exact) mass is 112 g/mol. The Bertz CT molecular complexity index is 21.5. The molecule has 0 aromatic rings. The largest absolute Gasteiger partial charge is 1.00 e. The maximum atomic E-state index is 9.90. The summed E-state index contributed by atoms with van der Waals surface area (Å²) in [6, 6.07) is 0. The molecule has 1 nitrogen and oxygen atoms in total. The van der Waals surface area contributed by atoms with Gasteiger partial charge in [-0.3, -0.25) is 0 Å². The van der Waals surface area contributed by atoms with E-state index < -0.39 is 0 Å². The van der Waals surface area contributed by atoms with Gasteiger partial charge >= 0.3 is 51.4 Å². The van der Waals surface area contributed by atoms with Crippen molar-refractivity contribution in [2.45, 2.75) is 26.4 Å². The Morgan fingerprint density at radius 3 is 1.83 bits per heavy atom. The van der Waals surface area contributed by atoms with Crippen LogP contribution in [0.5, 0.6) is 0 Å². The van der Waals surface area contributed by atoms with Gasteiger partial charge in [0.05, 0.1) is 0 Å². The molecule has 0 aromatic carbocycles. The van der Waals surface area contributed by atoms with Gasteiger partial charge in [-0.25, -0.2) is 0 Å². The summed E-state index contributed by atoms with van der Waals surface area (Å²) in [5.74, 6) is 0. The maximum absolute atomic E-state index is 9.90. The molecule has 6 heavy (non-hydrogen) atoms. The molecule has 0 heterocycles. The van der Waals surface area contributed by atoms with E-state index in [-0.39, 0.29) is 57.5 Å². The van der Waals surface area contributed by atoms with Gasteiger partial charge in [-0.1, -0.05) is 20.3 Å². The zero-order valence-electron chi connectivity index (χ0n) is 4.69. The van der Waals surface area contributed by atoms with Crippen molar-refractivity contribution in [3.63, 3.8) is 0 Å². The second kappa shape index (κ2) is 6.60. The Labute approximate surface area is 81.6 Å². The van der Waals surface area contributed by atoms with Crippen LogP contribution >= 0.6 is 0 Å². The van der Waals surface area contributed by atoms with Crippen molar-refractivity contribution >= 4 is 0 Å². The van der Waals surface area contributed by atoms with Crippen LogP contribution < -0.4 is 56.5 Å². The summed E-state index contributed by atoms with van der Waals surface area (Å²) in [5, 5.41) is 9.90. The van der Waals surface area contributed by atoms with Gasteiger partial charge in [-0.15, -0.1) is 6.10 Å². The van der Waals surface area contributed by atoms with Crippen molar-refractivity contribution in [2.75, 3.05) is 0 Å². The molecule has 0 saturated heterocycles. The fourth-order valence-electron chi connectivity index (χ4n) is 0. The first kappa shape index (κ1) is 10.6. The molecule has 0 aliphatic carbocycles. The van der Waals surface area contributed by atoms with Crippen LogP contribution in [-0.4, -0.2) is 6.10 Å². The van der Waals surface area contributed by atoms with Crippen molar-refractivity contribution in [1.29, 1.82) is 0 Å². The minimum absolute atomic E-state index is 0. The molecule has 0 aromatic heterocycles. The smallest absolute Gasteiger partial charge is 0.852 e. The first-order chi connectivity index (χ1) is 2.27. The molecule has 0 unspecified atom stereocenters. The van der Waals surface area contributed by atoms with Gasteiger partial charge in [0.2, 0.25) is 0 Å². The van der Waals surface area contributed by atoms with Crippen molar-refractivity contribution in [3.8, 4) is 0 Å². The molecular weight excluding hydrogens is 103 g/mol. The van der Waals surface area contributed by atoms with Gasteiger partial charge in [0.25, 0.3) is 0 Å². The van der Waals surface area contributed by atoms with Gasteiger partial charge < -0.3 is 5.11 Å². The summed E-state index contributed by atoms with van der Waals surface area (Å²) in [4.78, 5) is 0. The van der Waals surface area contributed by atoms with E-state index in [0.717, 1.165) is 6.42 Å². The van der Waals surface area contributed by atoms with Crippen molar-refractivity contribution in [2.24, 2.45) is 0 Å². The molecular formula is C4H9KO. The first-order valence-corrected chi connectivity index (χ1v) is 1.93. The van der Waals surface area contributed by atoms with Crippen LogP contribution in [0.15, 0.2) is 0 Å². The average molecular weight is 112 g/mol. The van der Waals surface area contributed by atoms with Crippen molar-refractivity contribution < 1.29 is 56.5 Å². The van der Waals surface area contributed by atoms with Crippen LogP contribution in [-0.2, 0) is 0 Å². The van der Waals surface area contributed by atoms with Crippen molar-refractivity contribution in [1.82, 2.24) is 0 Å². The Morgan fingerprint density at radius 2 is 1.83 bits per heavy atom. The SMILES string of the molecule is CC[C@@H](C)[O-].[K+]. The van der Waals surface area contributed by atoms with Gasteiger partial charge in [-0.05, 0) is 0 Å². The van der Waals surface area contributed by atoms with E-state index in [1.54, 1.807) is 6.92 Å². The molecule has 32 valence electrons. The van der Waals surface area contributed by atoms with Crippen molar-refractivity contribution in [3.05, 3.63) is 0 Å². The molecule has 0 aliphatic rings. The Morgan fingerprint density at radius 1 is 1.67 bits per heavy atom. The number of hydrogen-bond donors (Lipinski definition) is 0. The molecule has 0 saturated carbocycles. The standard InChI is InChI=1S/C4H9O.K/c1-3-4(2)5;/h4H,3H2,1-2H3;/q-1;+1/t4-;/m1./s1. The molecule has 0 spiro atoms. The van der Waals surface area contributed by atoms with Crippen LogP contribution in [0.4, 0.5) is 0 Å². The Hall–Kier alpha value is 1.60. The first-order valence-electron chi connectivity index (χ1n) is 1.93. The van der Waals surface area contributed by atoms with E-state index in [9.17, 15) is 5.11 Å². The van der Waals surface area contributed by atoms with Gasteiger partial charge in [0.1, 0.15) is 0 Å². The van der Waals surface area contributed by atoms with Crippen LogP contribution in [0, 0.1) is 0 Å². The molecule has 2 heteroatoms. The third-order valence-electron chi connectivity index (χ3n) is 0.575. The molecule has 1 atom stereocenters.